The monoisotopic (exact) mass is 484 g/mol. The number of nitrogens with zero attached hydrogens (tertiary/aromatic N) is 2. The van der Waals surface area contributed by atoms with Gasteiger partial charge in [-0.2, -0.15) is 0 Å². The van der Waals surface area contributed by atoms with E-state index in [0.717, 1.165) is 26.4 Å². The first-order valence-corrected chi connectivity index (χ1v) is 12.2. The number of rotatable bonds is 7. The van der Waals surface area contributed by atoms with E-state index < -0.39 is 12.0 Å². The molecule has 0 fully saturated rings. The predicted octanol–water partition coefficient (Wildman–Crippen LogP) is 4.28. The molecule has 0 aliphatic carbocycles. The number of nitrogens with one attached hydrogen (secondary N) is 2. The largest absolute Gasteiger partial charge is 0.497 e. The number of hydrogen-bond donors (Lipinski definition) is 2. The second-order valence-corrected chi connectivity index (χ2v) is 9.52. The molecule has 3 aromatic rings. The normalized spacial score (nSPS) is 15.9. The van der Waals surface area contributed by atoms with Crippen molar-refractivity contribution < 1.29 is 19.1 Å². The number of benzene rings is 1. The van der Waals surface area contributed by atoms with E-state index in [0.29, 0.717) is 22.8 Å². The van der Waals surface area contributed by atoms with Gasteiger partial charge in [-0.25, -0.2) is 19.6 Å². The first kappa shape index (κ1) is 23.1. The number of methoxy groups -OCH3 is 1. The molecule has 4 rings (SSSR count). The van der Waals surface area contributed by atoms with Crippen LogP contribution >= 0.6 is 23.1 Å². The summed E-state index contributed by atoms with van der Waals surface area (Å²) in [5, 5.41) is 7.48. The fourth-order valence-corrected chi connectivity index (χ4v) is 5.71. The van der Waals surface area contributed by atoms with Crippen molar-refractivity contribution in [1.82, 2.24) is 20.6 Å². The van der Waals surface area contributed by atoms with Gasteiger partial charge in [0.2, 0.25) is 0 Å². The summed E-state index contributed by atoms with van der Waals surface area (Å²) in [4.78, 5) is 36.5. The van der Waals surface area contributed by atoms with Crippen LogP contribution in [0.1, 0.15) is 29.0 Å². The first-order chi connectivity index (χ1) is 15.9. The summed E-state index contributed by atoms with van der Waals surface area (Å²) in [6, 6.07) is 6.21. The van der Waals surface area contributed by atoms with Crippen molar-refractivity contribution in [2.45, 2.75) is 31.8 Å². The fourth-order valence-electron chi connectivity index (χ4n) is 3.63. The summed E-state index contributed by atoms with van der Waals surface area (Å²) in [6.07, 6.45) is 1.54. The Morgan fingerprint density at radius 3 is 2.67 bits per heavy atom. The standard InChI is InChI=1S/C23H24N4O4S2/c1-5-31-22(28)18-16(10-32-20-17-12(2)13(3)33-21(17)25-11-24-20)26-23(29)27-19(18)14-6-8-15(30-4)9-7-14/h6-9,11,19H,5,10H2,1-4H3,(H2,26,27,29). The lowest BCUT2D eigenvalue weighted by atomic mass is 9.95. The molecule has 1 aliphatic rings. The van der Waals surface area contributed by atoms with Gasteiger partial charge in [-0.05, 0) is 44.0 Å². The third kappa shape index (κ3) is 4.67. The Morgan fingerprint density at radius 1 is 1.21 bits per heavy atom. The Bertz CT molecular complexity index is 1240. The summed E-state index contributed by atoms with van der Waals surface area (Å²) >= 11 is 3.08. The molecule has 0 saturated heterocycles. The highest BCUT2D eigenvalue weighted by Crippen LogP contribution is 2.36. The number of amides is 2. The molecule has 0 radical (unpaired) electrons. The molecule has 10 heteroatoms. The minimum atomic E-state index is -0.644. The Kier molecular flexibility index (Phi) is 6.85. The summed E-state index contributed by atoms with van der Waals surface area (Å²) in [5.41, 5.74) is 2.77. The van der Waals surface area contributed by atoms with Crippen LogP contribution < -0.4 is 15.4 Å². The van der Waals surface area contributed by atoms with Crippen molar-refractivity contribution in [2.24, 2.45) is 0 Å². The maximum atomic E-state index is 13.0. The molecule has 0 bridgehead atoms. The van der Waals surface area contributed by atoms with Crippen LogP contribution in [0.2, 0.25) is 0 Å². The molecular formula is C23H24N4O4S2. The average molecular weight is 485 g/mol. The van der Waals surface area contributed by atoms with Crippen LogP contribution in [-0.4, -0.2) is 41.4 Å². The van der Waals surface area contributed by atoms with Gasteiger partial charge in [0.1, 0.15) is 21.9 Å². The zero-order valence-electron chi connectivity index (χ0n) is 18.7. The summed E-state index contributed by atoms with van der Waals surface area (Å²) in [6.45, 7) is 6.09. The number of fused-ring (bicyclic) bond motifs is 1. The van der Waals surface area contributed by atoms with E-state index in [1.54, 1.807) is 43.8 Å². The van der Waals surface area contributed by atoms with Gasteiger partial charge in [0.05, 0.1) is 25.3 Å². The topological polar surface area (TPSA) is 102 Å². The van der Waals surface area contributed by atoms with E-state index in [1.165, 1.54) is 16.6 Å². The molecule has 1 aromatic carbocycles. The number of ether oxygens (including phenoxy) is 2. The molecule has 2 aromatic heterocycles. The van der Waals surface area contributed by atoms with Crippen molar-refractivity contribution in [3.05, 3.63) is 57.9 Å². The third-order valence-electron chi connectivity index (χ3n) is 5.38. The van der Waals surface area contributed by atoms with Crippen LogP contribution in [0.25, 0.3) is 10.2 Å². The van der Waals surface area contributed by atoms with Gasteiger partial charge >= 0.3 is 12.0 Å². The van der Waals surface area contributed by atoms with Gasteiger partial charge in [-0.3, -0.25) is 0 Å². The number of hydrogen-bond acceptors (Lipinski definition) is 8. The number of thioether (sulfide) groups is 1. The summed E-state index contributed by atoms with van der Waals surface area (Å²) < 4.78 is 10.6. The van der Waals surface area contributed by atoms with Gasteiger partial charge < -0.3 is 20.1 Å². The van der Waals surface area contributed by atoms with Crippen LogP contribution in [-0.2, 0) is 9.53 Å². The SMILES string of the molecule is CCOC(=O)C1=C(CSc2ncnc3sc(C)c(C)c23)NC(=O)NC1c1ccc(OC)cc1. The smallest absolute Gasteiger partial charge is 0.338 e. The number of urea groups is 1. The van der Waals surface area contributed by atoms with Crippen molar-refractivity contribution in [3.8, 4) is 5.75 Å². The number of carbonyl (C=O) groups excluding carboxylic acids is 2. The first-order valence-electron chi connectivity index (χ1n) is 10.4. The van der Waals surface area contributed by atoms with E-state index in [4.69, 9.17) is 9.47 Å². The van der Waals surface area contributed by atoms with Crippen molar-refractivity contribution in [2.75, 3.05) is 19.5 Å². The Morgan fingerprint density at radius 2 is 1.97 bits per heavy atom. The number of aryl methyl sites for hydroxylation is 2. The Balaban J connectivity index is 1.72. The number of thiophene rings is 1. The highest BCUT2D eigenvalue weighted by molar-refractivity contribution is 7.99. The van der Waals surface area contributed by atoms with Gasteiger partial charge in [0.15, 0.2) is 0 Å². The lowest BCUT2D eigenvalue weighted by Gasteiger charge is -2.29. The molecule has 33 heavy (non-hydrogen) atoms. The number of esters is 1. The van der Waals surface area contributed by atoms with Crippen LogP contribution in [0.15, 0.2) is 46.9 Å². The maximum Gasteiger partial charge on any atom is 0.338 e. The summed E-state index contributed by atoms with van der Waals surface area (Å²) in [5.74, 6) is 0.553. The molecule has 3 heterocycles. The maximum absolute atomic E-state index is 13.0. The number of carbonyl (C=O) groups is 2. The van der Waals surface area contributed by atoms with Gasteiger partial charge in [-0.1, -0.05) is 23.9 Å². The molecular weight excluding hydrogens is 460 g/mol. The molecule has 2 N–H and O–H groups in total. The second kappa shape index (κ2) is 9.80. The van der Waals surface area contributed by atoms with Crippen molar-refractivity contribution >= 4 is 45.3 Å². The van der Waals surface area contributed by atoms with Gasteiger partial charge in [0.25, 0.3) is 0 Å². The van der Waals surface area contributed by atoms with Crippen LogP contribution in [0.5, 0.6) is 5.75 Å². The van der Waals surface area contributed by atoms with E-state index in [2.05, 4.69) is 34.4 Å². The third-order valence-corrected chi connectivity index (χ3v) is 7.51. The molecule has 2 amide bonds. The van der Waals surface area contributed by atoms with Crippen molar-refractivity contribution in [3.63, 3.8) is 0 Å². The molecule has 1 aliphatic heterocycles. The highest BCUT2D eigenvalue weighted by Gasteiger charge is 2.34. The zero-order chi connectivity index (χ0) is 23.5. The molecule has 0 spiro atoms. The van der Waals surface area contributed by atoms with E-state index in [1.807, 2.05) is 12.1 Å². The molecule has 8 nitrogen and oxygen atoms in total. The quantitative estimate of drug-likeness (QED) is 0.293. The van der Waals surface area contributed by atoms with E-state index in [-0.39, 0.29) is 12.6 Å². The number of aromatic nitrogens is 2. The van der Waals surface area contributed by atoms with Crippen molar-refractivity contribution in [1.29, 1.82) is 0 Å². The van der Waals surface area contributed by atoms with Gasteiger partial charge in [0, 0.05) is 21.7 Å². The zero-order valence-corrected chi connectivity index (χ0v) is 20.4. The Hall–Kier alpha value is -3.11. The van der Waals surface area contributed by atoms with E-state index >= 15 is 0 Å². The minimum Gasteiger partial charge on any atom is -0.497 e. The fraction of sp³-hybridized carbons (Fsp3) is 0.304. The summed E-state index contributed by atoms with van der Waals surface area (Å²) in [7, 11) is 1.58. The van der Waals surface area contributed by atoms with E-state index in [9.17, 15) is 9.59 Å². The second-order valence-electron chi connectivity index (χ2n) is 7.35. The lowest BCUT2D eigenvalue weighted by Crippen LogP contribution is -2.46. The molecule has 1 unspecified atom stereocenters. The average Bonchev–Trinajstić information content (AvgIpc) is 3.11. The lowest BCUT2D eigenvalue weighted by molar-refractivity contribution is -0.139. The van der Waals surface area contributed by atoms with Gasteiger partial charge in [-0.15, -0.1) is 11.3 Å². The molecule has 1 atom stereocenters. The van der Waals surface area contributed by atoms with Crippen LogP contribution in [0.4, 0.5) is 4.79 Å². The predicted molar refractivity (Wildman–Crippen MR) is 129 cm³/mol. The minimum absolute atomic E-state index is 0.228. The molecule has 0 saturated carbocycles. The highest BCUT2D eigenvalue weighted by atomic mass is 32.2. The van der Waals surface area contributed by atoms with Crippen LogP contribution in [0, 0.1) is 13.8 Å². The Labute approximate surface area is 199 Å². The van der Waals surface area contributed by atoms with Crippen LogP contribution in [0.3, 0.4) is 0 Å². The molecule has 172 valence electrons.